The molecule has 0 unspecified atom stereocenters. The Labute approximate surface area is 180 Å². The zero-order chi connectivity index (χ0) is 20.1. The molecular weight excluding hydrogens is 469 g/mol. The normalized spacial score (nSPS) is 18.3. The summed E-state index contributed by atoms with van der Waals surface area (Å²) in [6.45, 7) is 5.69. The van der Waals surface area contributed by atoms with E-state index >= 15 is 0 Å². The summed E-state index contributed by atoms with van der Waals surface area (Å²) in [5.41, 5.74) is 0.729. The van der Waals surface area contributed by atoms with Crippen LogP contribution in [-0.4, -0.2) is 71.7 Å². The van der Waals surface area contributed by atoms with Crippen LogP contribution in [0.25, 0.3) is 0 Å². The fraction of sp³-hybridized carbons (Fsp3) is 0.571. The molecule has 2 fully saturated rings. The molecule has 0 radical (unpaired) electrons. The number of carbonyl (C=O) groups excluding carboxylic acids is 3. The number of piperidine rings is 1. The minimum absolute atomic E-state index is 0.00278. The van der Waals surface area contributed by atoms with Crippen molar-refractivity contribution in [2.45, 2.75) is 32.6 Å². The number of carbonyl (C=O) groups is 3. The highest BCUT2D eigenvalue weighted by atomic mass is 127. The molecule has 3 rings (SSSR count). The standard InChI is InChI=1S/C21H28IN3O3/c1-2-5-19(26)23-10-8-16(9-11-23)20(27)24-12-14-25(15-13-24)21(28)17-6-3-4-7-18(17)22/h3-4,6-7,16H,2,5,8-15H2,1H3. The number of nitrogens with zero attached hydrogens (tertiary/aromatic N) is 3. The molecule has 2 heterocycles. The Bertz CT molecular complexity index is 723. The lowest BCUT2D eigenvalue weighted by atomic mass is 9.94. The lowest BCUT2D eigenvalue weighted by Crippen LogP contribution is -2.53. The molecule has 1 aromatic rings. The van der Waals surface area contributed by atoms with Gasteiger partial charge < -0.3 is 14.7 Å². The Balaban J connectivity index is 1.49. The first kappa shape index (κ1) is 21.1. The van der Waals surface area contributed by atoms with Crippen LogP contribution in [-0.2, 0) is 9.59 Å². The summed E-state index contributed by atoms with van der Waals surface area (Å²) in [6.07, 6.45) is 2.95. The van der Waals surface area contributed by atoms with Crippen molar-refractivity contribution in [3.05, 3.63) is 33.4 Å². The van der Waals surface area contributed by atoms with E-state index in [1.165, 1.54) is 0 Å². The maximum atomic E-state index is 12.9. The van der Waals surface area contributed by atoms with Crippen molar-refractivity contribution in [1.29, 1.82) is 0 Å². The number of likely N-dealkylation sites (tertiary alicyclic amines) is 1. The summed E-state index contributed by atoms with van der Waals surface area (Å²) >= 11 is 2.19. The predicted molar refractivity (Wildman–Crippen MR) is 116 cm³/mol. The van der Waals surface area contributed by atoms with Gasteiger partial charge in [0.2, 0.25) is 11.8 Å². The maximum absolute atomic E-state index is 12.9. The highest BCUT2D eigenvalue weighted by Gasteiger charge is 2.32. The van der Waals surface area contributed by atoms with E-state index < -0.39 is 0 Å². The van der Waals surface area contributed by atoms with Gasteiger partial charge in [0.15, 0.2) is 0 Å². The van der Waals surface area contributed by atoms with E-state index in [2.05, 4.69) is 22.6 Å². The first-order valence-electron chi connectivity index (χ1n) is 10.1. The molecule has 0 atom stereocenters. The molecule has 0 aliphatic carbocycles. The van der Waals surface area contributed by atoms with Gasteiger partial charge in [0.1, 0.15) is 0 Å². The predicted octanol–water partition coefficient (Wildman–Crippen LogP) is 2.61. The summed E-state index contributed by atoms with van der Waals surface area (Å²) in [5.74, 6) is 0.433. The van der Waals surface area contributed by atoms with Crippen LogP contribution in [0.3, 0.4) is 0 Å². The van der Waals surface area contributed by atoms with E-state index in [1.807, 2.05) is 45.9 Å². The number of rotatable bonds is 4. The number of hydrogen-bond donors (Lipinski definition) is 0. The summed E-state index contributed by atoms with van der Waals surface area (Å²) in [4.78, 5) is 43.2. The molecule has 6 nitrogen and oxygen atoms in total. The summed E-state index contributed by atoms with van der Waals surface area (Å²) in [5, 5.41) is 0. The number of piperazine rings is 1. The summed E-state index contributed by atoms with van der Waals surface area (Å²) in [7, 11) is 0. The largest absolute Gasteiger partial charge is 0.343 e. The van der Waals surface area contributed by atoms with Gasteiger partial charge in [0.25, 0.3) is 5.91 Å². The van der Waals surface area contributed by atoms with Crippen LogP contribution in [0.4, 0.5) is 0 Å². The fourth-order valence-corrected chi connectivity index (χ4v) is 4.56. The Morgan fingerprint density at radius 3 is 2.14 bits per heavy atom. The number of amides is 3. The first-order chi connectivity index (χ1) is 13.5. The molecule has 0 bridgehead atoms. The van der Waals surface area contributed by atoms with Crippen molar-refractivity contribution >= 4 is 40.3 Å². The maximum Gasteiger partial charge on any atom is 0.255 e. The van der Waals surface area contributed by atoms with Crippen molar-refractivity contribution < 1.29 is 14.4 Å². The third-order valence-electron chi connectivity index (χ3n) is 5.64. The van der Waals surface area contributed by atoms with Crippen LogP contribution in [0.15, 0.2) is 24.3 Å². The highest BCUT2D eigenvalue weighted by molar-refractivity contribution is 14.1. The van der Waals surface area contributed by atoms with Gasteiger partial charge in [0, 0.05) is 55.2 Å². The number of hydrogen-bond acceptors (Lipinski definition) is 3. The van der Waals surface area contributed by atoms with Crippen LogP contribution in [0.5, 0.6) is 0 Å². The van der Waals surface area contributed by atoms with Gasteiger partial charge in [-0.15, -0.1) is 0 Å². The van der Waals surface area contributed by atoms with Gasteiger partial charge in [-0.05, 0) is 54.0 Å². The van der Waals surface area contributed by atoms with Crippen LogP contribution in [0, 0.1) is 9.49 Å². The molecule has 152 valence electrons. The molecule has 2 aliphatic heterocycles. The summed E-state index contributed by atoms with van der Waals surface area (Å²) in [6, 6.07) is 7.60. The topological polar surface area (TPSA) is 60.9 Å². The van der Waals surface area contributed by atoms with Crippen molar-refractivity contribution in [2.75, 3.05) is 39.3 Å². The molecule has 0 N–H and O–H groups in total. The van der Waals surface area contributed by atoms with Crippen LogP contribution in [0.1, 0.15) is 43.0 Å². The van der Waals surface area contributed by atoms with E-state index in [0.717, 1.165) is 28.4 Å². The van der Waals surface area contributed by atoms with Crippen molar-refractivity contribution in [2.24, 2.45) is 5.92 Å². The molecule has 0 aromatic heterocycles. The van der Waals surface area contributed by atoms with Gasteiger partial charge in [-0.2, -0.15) is 0 Å². The molecule has 28 heavy (non-hydrogen) atoms. The van der Waals surface area contributed by atoms with E-state index in [4.69, 9.17) is 0 Å². The molecule has 1 aromatic carbocycles. The van der Waals surface area contributed by atoms with E-state index in [9.17, 15) is 14.4 Å². The van der Waals surface area contributed by atoms with Crippen molar-refractivity contribution in [1.82, 2.24) is 14.7 Å². The van der Waals surface area contributed by atoms with Gasteiger partial charge >= 0.3 is 0 Å². The second-order valence-corrected chi connectivity index (χ2v) is 8.66. The highest BCUT2D eigenvalue weighted by Crippen LogP contribution is 2.22. The minimum atomic E-state index is 0.00278. The minimum Gasteiger partial charge on any atom is -0.343 e. The quantitative estimate of drug-likeness (QED) is 0.602. The monoisotopic (exact) mass is 497 g/mol. The zero-order valence-corrected chi connectivity index (χ0v) is 18.6. The average Bonchev–Trinajstić information content (AvgIpc) is 2.73. The van der Waals surface area contributed by atoms with Crippen LogP contribution < -0.4 is 0 Å². The summed E-state index contributed by atoms with van der Waals surface area (Å²) < 4.78 is 0.952. The van der Waals surface area contributed by atoms with Crippen LogP contribution in [0.2, 0.25) is 0 Å². The third-order valence-corrected chi connectivity index (χ3v) is 6.58. The van der Waals surface area contributed by atoms with Gasteiger partial charge in [-0.1, -0.05) is 19.1 Å². The van der Waals surface area contributed by atoms with E-state index in [1.54, 1.807) is 0 Å². The molecule has 0 saturated carbocycles. The average molecular weight is 497 g/mol. The zero-order valence-electron chi connectivity index (χ0n) is 16.4. The molecular formula is C21H28IN3O3. The van der Waals surface area contributed by atoms with Gasteiger partial charge in [0.05, 0.1) is 5.56 Å². The van der Waals surface area contributed by atoms with Crippen molar-refractivity contribution in [3.63, 3.8) is 0 Å². The lowest BCUT2D eigenvalue weighted by Gasteiger charge is -2.38. The smallest absolute Gasteiger partial charge is 0.255 e. The Hall–Kier alpha value is -1.64. The second-order valence-electron chi connectivity index (χ2n) is 7.50. The lowest BCUT2D eigenvalue weighted by molar-refractivity contribution is -0.141. The van der Waals surface area contributed by atoms with Gasteiger partial charge in [-0.3, -0.25) is 14.4 Å². The molecule has 2 saturated heterocycles. The van der Waals surface area contributed by atoms with E-state index in [-0.39, 0.29) is 23.6 Å². The van der Waals surface area contributed by atoms with E-state index in [0.29, 0.717) is 45.7 Å². The number of benzene rings is 1. The van der Waals surface area contributed by atoms with Crippen molar-refractivity contribution in [3.8, 4) is 0 Å². The Kier molecular flexibility index (Phi) is 7.31. The number of halogens is 1. The second kappa shape index (κ2) is 9.71. The molecule has 3 amide bonds. The fourth-order valence-electron chi connectivity index (χ4n) is 3.94. The Morgan fingerprint density at radius 1 is 0.929 bits per heavy atom. The third kappa shape index (κ3) is 4.85. The first-order valence-corrected chi connectivity index (χ1v) is 11.2. The molecule has 7 heteroatoms. The van der Waals surface area contributed by atoms with Crippen LogP contribution >= 0.6 is 22.6 Å². The Morgan fingerprint density at radius 2 is 1.54 bits per heavy atom. The van der Waals surface area contributed by atoms with Gasteiger partial charge in [-0.25, -0.2) is 0 Å². The molecule has 2 aliphatic rings. The molecule has 0 spiro atoms. The SMILES string of the molecule is CCCC(=O)N1CCC(C(=O)N2CCN(C(=O)c3ccccc3I)CC2)CC1.